The second-order valence-corrected chi connectivity index (χ2v) is 8.66. The van der Waals surface area contributed by atoms with Crippen LogP contribution in [-0.4, -0.2) is 68.2 Å². The predicted molar refractivity (Wildman–Crippen MR) is 123 cm³/mol. The number of alkyl halides is 3. The van der Waals surface area contributed by atoms with E-state index >= 15 is 0 Å². The first-order valence-corrected chi connectivity index (χ1v) is 11.2. The van der Waals surface area contributed by atoms with Gasteiger partial charge in [-0.15, -0.1) is 5.10 Å². The summed E-state index contributed by atoms with van der Waals surface area (Å²) in [4.78, 5) is 27.4. The molecule has 1 fully saturated rings. The van der Waals surface area contributed by atoms with Gasteiger partial charge in [0.25, 0.3) is 5.91 Å². The quantitative estimate of drug-likeness (QED) is 0.501. The van der Waals surface area contributed by atoms with Crippen molar-refractivity contribution in [3.63, 3.8) is 0 Å². The maximum Gasteiger partial charge on any atom is 0.490 e. The molecule has 1 atom stereocenters. The summed E-state index contributed by atoms with van der Waals surface area (Å²) in [6.07, 6.45) is -0.957. The highest BCUT2D eigenvalue weighted by atomic mass is 19.4. The van der Waals surface area contributed by atoms with Gasteiger partial charge in [-0.2, -0.15) is 13.2 Å². The summed E-state index contributed by atoms with van der Waals surface area (Å²) in [6.45, 7) is 7.27. The molecule has 1 unspecified atom stereocenters. The average Bonchev–Trinajstić information content (AvgIpc) is 3.36. The van der Waals surface area contributed by atoms with Crippen LogP contribution in [0.4, 0.5) is 13.2 Å². The van der Waals surface area contributed by atoms with E-state index in [0.717, 1.165) is 66.9 Å². The number of likely N-dealkylation sites (tertiary alicyclic amines) is 1. The van der Waals surface area contributed by atoms with Crippen LogP contribution in [0.2, 0.25) is 0 Å². The first-order valence-electron chi connectivity index (χ1n) is 11.2. The molecule has 0 saturated carbocycles. The molecule has 3 aromatic rings. The number of carbonyl (C=O) groups is 2. The third-order valence-electron chi connectivity index (χ3n) is 5.99. The molecule has 1 aliphatic heterocycles. The number of amides is 1. The molecule has 0 aliphatic carbocycles. The number of nitrogens with zero attached hydrogens (tertiary/aromatic N) is 4. The van der Waals surface area contributed by atoms with Gasteiger partial charge in [-0.3, -0.25) is 9.48 Å². The fraction of sp³-hybridized carbons (Fsp3) is 0.478. The second kappa shape index (κ2) is 10.9. The van der Waals surface area contributed by atoms with Crippen LogP contribution in [-0.2, 0) is 17.9 Å². The van der Waals surface area contributed by atoms with E-state index in [0.29, 0.717) is 5.92 Å². The fourth-order valence-corrected chi connectivity index (χ4v) is 4.13. The number of aliphatic carboxylic acids is 1. The van der Waals surface area contributed by atoms with Gasteiger partial charge in [0.1, 0.15) is 0 Å². The number of carbonyl (C=O) groups excluding carboxylic acids is 1. The summed E-state index contributed by atoms with van der Waals surface area (Å²) < 4.78 is 33.6. The fourth-order valence-electron chi connectivity index (χ4n) is 4.13. The van der Waals surface area contributed by atoms with Gasteiger partial charge in [-0.1, -0.05) is 5.21 Å². The van der Waals surface area contributed by atoms with Gasteiger partial charge in [0.05, 0.1) is 5.69 Å². The average molecular weight is 495 g/mol. The number of fused-ring (bicyclic) bond motifs is 1. The van der Waals surface area contributed by atoms with Crippen molar-refractivity contribution in [1.29, 1.82) is 0 Å². The minimum Gasteiger partial charge on any atom is -0.475 e. The summed E-state index contributed by atoms with van der Waals surface area (Å²) in [7, 11) is 1.90. The highest BCUT2D eigenvalue weighted by molar-refractivity contribution is 5.99. The number of halogens is 3. The Kier molecular flexibility index (Phi) is 8.15. The standard InChI is InChI=1S/C21H28N6O.C2HF3O2/c1-14-15(2)23-20-7-6-17(9-19(14)20)21(28)26-8-4-5-16(11-26)12-27-13-18(10-22-3)24-25-27;3-2(4,5)1(6)7/h6-7,9,13,16,22-23H,4-5,8,10-12H2,1-3H3;(H,6,7). The largest absolute Gasteiger partial charge is 0.490 e. The van der Waals surface area contributed by atoms with Crippen LogP contribution in [0.3, 0.4) is 0 Å². The third kappa shape index (κ3) is 6.59. The van der Waals surface area contributed by atoms with E-state index in [-0.39, 0.29) is 5.91 Å². The van der Waals surface area contributed by atoms with Crippen LogP contribution in [0.5, 0.6) is 0 Å². The summed E-state index contributed by atoms with van der Waals surface area (Å²) >= 11 is 0. The van der Waals surface area contributed by atoms with Crippen molar-refractivity contribution in [3.05, 3.63) is 46.9 Å². The Hall–Kier alpha value is -3.41. The number of piperidine rings is 1. The zero-order valence-corrected chi connectivity index (χ0v) is 19.8. The Morgan fingerprint density at radius 2 is 2.00 bits per heavy atom. The predicted octanol–water partition coefficient (Wildman–Crippen LogP) is 3.28. The normalized spacial score (nSPS) is 16.2. The van der Waals surface area contributed by atoms with E-state index in [4.69, 9.17) is 9.90 Å². The molecule has 1 saturated heterocycles. The van der Waals surface area contributed by atoms with Gasteiger partial charge in [0.15, 0.2) is 0 Å². The molecule has 12 heteroatoms. The van der Waals surface area contributed by atoms with Crippen molar-refractivity contribution in [3.8, 4) is 0 Å². The Morgan fingerprint density at radius 1 is 1.29 bits per heavy atom. The molecule has 0 bridgehead atoms. The van der Waals surface area contributed by atoms with Gasteiger partial charge in [0.2, 0.25) is 0 Å². The molecule has 1 aromatic carbocycles. The van der Waals surface area contributed by atoms with Crippen molar-refractivity contribution < 1.29 is 27.9 Å². The van der Waals surface area contributed by atoms with E-state index < -0.39 is 12.1 Å². The first kappa shape index (κ1) is 26.2. The van der Waals surface area contributed by atoms with Crippen LogP contribution in [0.25, 0.3) is 10.9 Å². The van der Waals surface area contributed by atoms with Gasteiger partial charge >= 0.3 is 12.1 Å². The molecule has 3 heterocycles. The second-order valence-electron chi connectivity index (χ2n) is 8.66. The van der Waals surface area contributed by atoms with Crippen molar-refractivity contribution in [2.75, 3.05) is 20.1 Å². The number of aromatic nitrogens is 4. The van der Waals surface area contributed by atoms with Crippen LogP contribution in [0.1, 0.15) is 40.2 Å². The molecule has 0 radical (unpaired) electrons. The number of rotatable bonds is 5. The van der Waals surface area contributed by atoms with Gasteiger partial charge in [-0.05, 0) is 63.4 Å². The lowest BCUT2D eigenvalue weighted by atomic mass is 9.97. The number of hydrogen-bond donors (Lipinski definition) is 3. The smallest absolute Gasteiger partial charge is 0.475 e. The highest BCUT2D eigenvalue weighted by Crippen LogP contribution is 2.25. The Morgan fingerprint density at radius 3 is 2.66 bits per heavy atom. The van der Waals surface area contributed by atoms with E-state index in [2.05, 4.69) is 34.5 Å². The summed E-state index contributed by atoms with van der Waals surface area (Å²) in [6, 6.07) is 5.98. The number of carboxylic acids is 1. The monoisotopic (exact) mass is 494 g/mol. The zero-order chi connectivity index (χ0) is 25.8. The van der Waals surface area contributed by atoms with E-state index in [1.807, 2.05) is 41.0 Å². The van der Waals surface area contributed by atoms with E-state index in [9.17, 15) is 18.0 Å². The molecule has 2 aromatic heterocycles. The first-order chi connectivity index (χ1) is 16.5. The van der Waals surface area contributed by atoms with E-state index in [1.54, 1.807) is 0 Å². The molecule has 0 spiro atoms. The molecule has 9 nitrogen and oxygen atoms in total. The molecule has 3 N–H and O–H groups in total. The zero-order valence-electron chi connectivity index (χ0n) is 19.8. The van der Waals surface area contributed by atoms with Gasteiger partial charge in [0, 0.05) is 54.5 Å². The van der Waals surface area contributed by atoms with Crippen molar-refractivity contribution >= 4 is 22.8 Å². The number of hydrogen-bond acceptors (Lipinski definition) is 5. The lowest BCUT2D eigenvalue weighted by Gasteiger charge is -2.32. The molecule has 35 heavy (non-hydrogen) atoms. The maximum atomic E-state index is 13.1. The summed E-state index contributed by atoms with van der Waals surface area (Å²) in [5.74, 6) is -2.23. The van der Waals surface area contributed by atoms with Gasteiger partial charge < -0.3 is 20.3 Å². The molecular formula is C23H29F3N6O3. The number of benzene rings is 1. The number of aryl methyl sites for hydroxylation is 2. The summed E-state index contributed by atoms with van der Waals surface area (Å²) in [5, 5.41) is 19.8. The van der Waals surface area contributed by atoms with Crippen molar-refractivity contribution in [2.24, 2.45) is 5.92 Å². The number of carboxylic acid groups (broad SMARTS) is 1. The molecule has 190 valence electrons. The SMILES string of the molecule is CNCc1cn(CC2CCCN(C(=O)c3ccc4[nH]c(C)c(C)c4c3)C2)nn1.O=C(O)C(F)(F)F. The lowest BCUT2D eigenvalue weighted by Crippen LogP contribution is -2.41. The van der Waals surface area contributed by atoms with Crippen molar-refractivity contribution in [2.45, 2.75) is 46.0 Å². The molecule has 4 rings (SSSR count). The van der Waals surface area contributed by atoms with E-state index in [1.165, 1.54) is 5.56 Å². The molecule has 1 amide bonds. The third-order valence-corrected chi connectivity index (χ3v) is 5.99. The topological polar surface area (TPSA) is 116 Å². The van der Waals surface area contributed by atoms with Crippen LogP contribution in [0.15, 0.2) is 24.4 Å². The number of H-pyrrole nitrogens is 1. The maximum absolute atomic E-state index is 13.1. The lowest BCUT2D eigenvalue weighted by molar-refractivity contribution is -0.192. The molecular weight excluding hydrogens is 465 g/mol. The highest BCUT2D eigenvalue weighted by Gasteiger charge is 2.38. The van der Waals surface area contributed by atoms with Crippen LogP contribution >= 0.6 is 0 Å². The molecule has 1 aliphatic rings. The van der Waals surface area contributed by atoms with Crippen LogP contribution in [0, 0.1) is 19.8 Å². The van der Waals surface area contributed by atoms with Crippen molar-refractivity contribution in [1.82, 2.24) is 30.2 Å². The Bertz CT molecular complexity index is 1190. The van der Waals surface area contributed by atoms with Crippen LogP contribution < -0.4 is 5.32 Å². The van der Waals surface area contributed by atoms with Gasteiger partial charge in [-0.25, -0.2) is 4.79 Å². The number of nitrogens with one attached hydrogen (secondary N) is 2. The Balaban J connectivity index is 0.000000429. The summed E-state index contributed by atoms with van der Waals surface area (Å²) in [5.41, 5.74) is 5.17. The minimum atomic E-state index is -5.08. The number of aromatic amines is 1. The minimum absolute atomic E-state index is 0.124. The Labute approximate surface area is 200 Å².